The Bertz CT molecular complexity index is 310. The molecular formula is C12H18O3. The lowest BCUT2D eigenvalue weighted by atomic mass is 9.96. The summed E-state index contributed by atoms with van der Waals surface area (Å²) in [6.45, 7) is 2.67. The Balaban J connectivity index is 3.03. The Labute approximate surface area is 90.6 Å². The molecule has 0 fully saturated rings. The number of ether oxygens (including phenoxy) is 2. The molecule has 1 rings (SSSR count). The lowest BCUT2D eigenvalue weighted by Gasteiger charge is -2.15. The zero-order chi connectivity index (χ0) is 11.3. The van der Waals surface area contributed by atoms with E-state index in [1.54, 1.807) is 14.2 Å². The standard InChI is InChI=1S/C12H18O3/c1-9(7-13)12-5-4-11(15-3)6-10(12)8-14-2/h4-6,9,13H,7-8H2,1-3H3. The maximum Gasteiger partial charge on any atom is 0.119 e. The second-order valence-corrected chi connectivity index (χ2v) is 3.58. The number of methoxy groups -OCH3 is 2. The van der Waals surface area contributed by atoms with Gasteiger partial charge >= 0.3 is 0 Å². The highest BCUT2D eigenvalue weighted by atomic mass is 16.5. The summed E-state index contributed by atoms with van der Waals surface area (Å²) in [6.07, 6.45) is 0. The molecule has 3 nitrogen and oxygen atoms in total. The number of rotatable bonds is 5. The van der Waals surface area contributed by atoms with Gasteiger partial charge in [0.2, 0.25) is 0 Å². The highest BCUT2D eigenvalue weighted by Gasteiger charge is 2.10. The van der Waals surface area contributed by atoms with Gasteiger partial charge < -0.3 is 14.6 Å². The van der Waals surface area contributed by atoms with Gasteiger partial charge in [-0.2, -0.15) is 0 Å². The van der Waals surface area contributed by atoms with Gasteiger partial charge in [-0.15, -0.1) is 0 Å². The highest BCUT2D eigenvalue weighted by molar-refractivity contribution is 5.37. The lowest BCUT2D eigenvalue weighted by Crippen LogP contribution is -2.04. The Morgan fingerprint density at radius 2 is 2.07 bits per heavy atom. The van der Waals surface area contributed by atoms with E-state index in [-0.39, 0.29) is 12.5 Å². The molecule has 0 aromatic heterocycles. The first-order valence-corrected chi connectivity index (χ1v) is 4.99. The number of hydrogen-bond donors (Lipinski definition) is 1. The van der Waals surface area contributed by atoms with E-state index in [2.05, 4.69) is 0 Å². The van der Waals surface area contributed by atoms with Crippen molar-refractivity contribution >= 4 is 0 Å². The average molecular weight is 210 g/mol. The largest absolute Gasteiger partial charge is 0.497 e. The Kier molecular flexibility index (Phi) is 4.59. The summed E-state index contributed by atoms with van der Waals surface area (Å²) in [5.74, 6) is 0.942. The van der Waals surface area contributed by atoms with E-state index in [9.17, 15) is 0 Å². The lowest BCUT2D eigenvalue weighted by molar-refractivity contribution is 0.182. The van der Waals surface area contributed by atoms with Gasteiger partial charge in [0, 0.05) is 19.6 Å². The van der Waals surface area contributed by atoms with Gasteiger partial charge in [0.1, 0.15) is 5.75 Å². The maximum atomic E-state index is 9.14. The van der Waals surface area contributed by atoms with Crippen molar-refractivity contribution in [2.24, 2.45) is 0 Å². The van der Waals surface area contributed by atoms with Crippen molar-refractivity contribution in [2.75, 3.05) is 20.8 Å². The molecule has 0 heterocycles. The van der Waals surface area contributed by atoms with Crippen LogP contribution in [0, 0.1) is 0 Å². The van der Waals surface area contributed by atoms with Gasteiger partial charge in [-0.25, -0.2) is 0 Å². The minimum absolute atomic E-state index is 0.126. The quantitative estimate of drug-likeness (QED) is 0.807. The smallest absolute Gasteiger partial charge is 0.119 e. The summed E-state index contributed by atoms with van der Waals surface area (Å²) in [5, 5.41) is 9.14. The molecule has 0 aliphatic heterocycles. The number of aliphatic hydroxyl groups is 1. The molecule has 1 aromatic rings. The molecule has 1 N–H and O–H groups in total. The topological polar surface area (TPSA) is 38.7 Å². The number of benzene rings is 1. The minimum atomic E-state index is 0.126. The van der Waals surface area contributed by atoms with E-state index in [4.69, 9.17) is 14.6 Å². The first-order chi connectivity index (χ1) is 7.22. The van der Waals surface area contributed by atoms with Crippen LogP contribution in [0.5, 0.6) is 5.75 Å². The van der Waals surface area contributed by atoms with Crippen LogP contribution in [0.15, 0.2) is 18.2 Å². The van der Waals surface area contributed by atoms with Crippen molar-refractivity contribution in [1.82, 2.24) is 0 Å². The number of hydrogen-bond acceptors (Lipinski definition) is 3. The van der Waals surface area contributed by atoms with Crippen molar-refractivity contribution in [2.45, 2.75) is 19.4 Å². The first kappa shape index (κ1) is 12.0. The number of aliphatic hydroxyl groups excluding tert-OH is 1. The third kappa shape index (κ3) is 2.94. The second kappa shape index (κ2) is 5.73. The van der Waals surface area contributed by atoms with Gasteiger partial charge in [-0.1, -0.05) is 13.0 Å². The van der Waals surface area contributed by atoms with E-state index in [0.717, 1.165) is 16.9 Å². The van der Waals surface area contributed by atoms with Crippen LogP contribution in [0.4, 0.5) is 0 Å². The molecule has 1 unspecified atom stereocenters. The van der Waals surface area contributed by atoms with Crippen molar-refractivity contribution < 1.29 is 14.6 Å². The van der Waals surface area contributed by atoms with E-state index >= 15 is 0 Å². The van der Waals surface area contributed by atoms with E-state index in [0.29, 0.717) is 6.61 Å². The zero-order valence-electron chi connectivity index (χ0n) is 9.49. The third-order valence-electron chi connectivity index (χ3n) is 2.45. The van der Waals surface area contributed by atoms with Crippen molar-refractivity contribution in [3.63, 3.8) is 0 Å². The molecule has 0 saturated heterocycles. The Morgan fingerprint density at radius 3 is 2.60 bits per heavy atom. The predicted molar refractivity (Wildman–Crippen MR) is 59.2 cm³/mol. The molecule has 0 spiro atoms. The van der Waals surface area contributed by atoms with Gasteiger partial charge in [0.15, 0.2) is 0 Å². The van der Waals surface area contributed by atoms with Crippen LogP contribution in [0.2, 0.25) is 0 Å². The molecular weight excluding hydrogens is 192 g/mol. The fourth-order valence-electron chi connectivity index (χ4n) is 1.57. The molecule has 0 amide bonds. The minimum Gasteiger partial charge on any atom is -0.497 e. The van der Waals surface area contributed by atoms with Crippen LogP contribution in [-0.2, 0) is 11.3 Å². The normalized spacial score (nSPS) is 12.5. The van der Waals surface area contributed by atoms with Crippen LogP contribution >= 0.6 is 0 Å². The van der Waals surface area contributed by atoms with Crippen LogP contribution in [0.1, 0.15) is 24.0 Å². The average Bonchev–Trinajstić information content (AvgIpc) is 2.28. The highest BCUT2D eigenvalue weighted by Crippen LogP contribution is 2.24. The van der Waals surface area contributed by atoms with E-state index in [1.165, 1.54) is 0 Å². The molecule has 3 heteroatoms. The van der Waals surface area contributed by atoms with Crippen LogP contribution < -0.4 is 4.74 Å². The van der Waals surface area contributed by atoms with Gasteiger partial charge in [0.25, 0.3) is 0 Å². The fraction of sp³-hybridized carbons (Fsp3) is 0.500. The van der Waals surface area contributed by atoms with Crippen molar-refractivity contribution in [3.05, 3.63) is 29.3 Å². The van der Waals surface area contributed by atoms with Gasteiger partial charge in [-0.3, -0.25) is 0 Å². The van der Waals surface area contributed by atoms with Crippen molar-refractivity contribution in [1.29, 1.82) is 0 Å². The maximum absolute atomic E-state index is 9.14. The Hall–Kier alpha value is -1.06. The van der Waals surface area contributed by atoms with Gasteiger partial charge in [-0.05, 0) is 23.3 Å². The third-order valence-corrected chi connectivity index (χ3v) is 2.45. The van der Waals surface area contributed by atoms with Gasteiger partial charge in [0.05, 0.1) is 13.7 Å². The molecule has 1 aromatic carbocycles. The molecule has 0 radical (unpaired) electrons. The molecule has 84 valence electrons. The summed E-state index contributed by atoms with van der Waals surface area (Å²) in [7, 11) is 3.30. The summed E-state index contributed by atoms with van der Waals surface area (Å²) < 4.78 is 10.3. The SMILES string of the molecule is COCc1cc(OC)ccc1C(C)CO. The Morgan fingerprint density at radius 1 is 1.33 bits per heavy atom. The summed E-state index contributed by atoms with van der Waals surface area (Å²) in [4.78, 5) is 0. The summed E-state index contributed by atoms with van der Waals surface area (Å²) >= 11 is 0. The monoisotopic (exact) mass is 210 g/mol. The second-order valence-electron chi connectivity index (χ2n) is 3.58. The molecule has 0 aliphatic rings. The molecule has 0 bridgehead atoms. The van der Waals surface area contributed by atoms with Crippen LogP contribution in [0.25, 0.3) is 0 Å². The van der Waals surface area contributed by atoms with Crippen LogP contribution in [-0.4, -0.2) is 25.9 Å². The fourth-order valence-corrected chi connectivity index (χ4v) is 1.57. The molecule has 1 atom stereocenters. The summed E-state index contributed by atoms with van der Waals surface area (Å²) in [6, 6.07) is 5.83. The van der Waals surface area contributed by atoms with Crippen molar-refractivity contribution in [3.8, 4) is 5.75 Å². The molecule has 15 heavy (non-hydrogen) atoms. The molecule has 0 aliphatic carbocycles. The van der Waals surface area contributed by atoms with E-state index in [1.807, 2.05) is 25.1 Å². The van der Waals surface area contributed by atoms with E-state index < -0.39 is 0 Å². The zero-order valence-corrected chi connectivity index (χ0v) is 9.49. The first-order valence-electron chi connectivity index (χ1n) is 4.99. The summed E-state index contributed by atoms with van der Waals surface area (Å²) in [5.41, 5.74) is 2.18. The van der Waals surface area contributed by atoms with Crippen LogP contribution in [0.3, 0.4) is 0 Å². The predicted octanol–water partition coefficient (Wildman–Crippen LogP) is 1.94. The molecule has 0 saturated carbocycles.